The monoisotopic (exact) mass is 385 g/mol. The number of carbonyl (C=O) groups is 1. The number of halogens is 3. The Morgan fingerprint density at radius 3 is 2.36 bits per heavy atom. The zero-order chi connectivity index (χ0) is 19.7. The molecule has 0 fully saturated rings. The molecule has 0 unspecified atom stereocenters. The van der Waals surface area contributed by atoms with Crippen molar-refractivity contribution in [1.29, 1.82) is 0 Å². The number of carbonyl (C=O) groups excluding carboxylic acids is 1. The lowest BCUT2D eigenvalue weighted by Crippen LogP contribution is -2.31. The molecule has 142 valence electrons. The molecular formula is C19H14F3N5O. The molecule has 3 aromatic rings. The van der Waals surface area contributed by atoms with Gasteiger partial charge in [0.05, 0.1) is 6.42 Å². The van der Waals surface area contributed by atoms with Crippen LogP contribution in [0.1, 0.15) is 16.8 Å². The van der Waals surface area contributed by atoms with E-state index in [1.165, 1.54) is 0 Å². The maximum absolute atomic E-state index is 12.8. The SMILES string of the molecule is O=C1CC(C(F)(F)F)=Nc2nc(NCc3ccc(-c4ccccc4)cc3)nn21. The Bertz CT molecular complexity index is 1040. The first-order valence-corrected chi connectivity index (χ1v) is 8.43. The molecule has 1 aliphatic heterocycles. The zero-order valence-electron chi connectivity index (χ0n) is 14.4. The smallest absolute Gasteiger partial charge is 0.349 e. The number of fused-ring (bicyclic) bond motifs is 1. The molecule has 28 heavy (non-hydrogen) atoms. The van der Waals surface area contributed by atoms with Crippen molar-refractivity contribution >= 4 is 23.5 Å². The average Bonchev–Trinajstić information content (AvgIpc) is 3.11. The van der Waals surface area contributed by atoms with Crippen molar-refractivity contribution in [3.8, 4) is 11.1 Å². The molecular weight excluding hydrogens is 371 g/mol. The maximum atomic E-state index is 12.8. The number of aliphatic imine (C=N–C) groups is 1. The summed E-state index contributed by atoms with van der Waals surface area (Å²) in [6, 6.07) is 17.7. The molecule has 0 radical (unpaired) electrons. The van der Waals surface area contributed by atoms with Gasteiger partial charge in [0, 0.05) is 6.54 Å². The number of hydrogen-bond donors (Lipinski definition) is 1. The minimum absolute atomic E-state index is 0.0441. The number of nitrogens with zero attached hydrogens (tertiary/aromatic N) is 4. The summed E-state index contributed by atoms with van der Waals surface area (Å²) >= 11 is 0. The molecule has 0 amide bonds. The Morgan fingerprint density at radius 2 is 1.68 bits per heavy atom. The second-order valence-electron chi connectivity index (χ2n) is 6.19. The summed E-state index contributed by atoms with van der Waals surface area (Å²) in [5.41, 5.74) is 1.93. The molecule has 1 aromatic heterocycles. The second-order valence-corrected chi connectivity index (χ2v) is 6.19. The maximum Gasteiger partial charge on any atom is 0.430 e. The van der Waals surface area contributed by atoms with E-state index in [1.54, 1.807) is 0 Å². The van der Waals surface area contributed by atoms with Crippen molar-refractivity contribution < 1.29 is 18.0 Å². The molecule has 2 aromatic carbocycles. The molecule has 0 spiro atoms. The van der Waals surface area contributed by atoms with Crippen LogP contribution in [0.3, 0.4) is 0 Å². The van der Waals surface area contributed by atoms with Gasteiger partial charge in [-0.1, -0.05) is 54.6 Å². The first-order valence-electron chi connectivity index (χ1n) is 8.43. The van der Waals surface area contributed by atoms with Gasteiger partial charge in [-0.3, -0.25) is 4.79 Å². The largest absolute Gasteiger partial charge is 0.430 e. The first kappa shape index (κ1) is 17.9. The molecule has 0 bridgehead atoms. The van der Waals surface area contributed by atoms with Gasteiger partial charge in [0.2, 0.25) is 5.95 Å². The minimum Gasteiger partial charge on any atom is -0.349 e. The van der Waals surface area contributed by atoms with Crippen molar-refractivity contribution in [3.63, 3.8) is 0 Å². The molecule has 4 rings (SSSR count). The van der Waals surface area contributed by atoms with Crippen molar-refractivity contribution in [2.45, 2.75) is 19.1 Å². The van der Waals surface area contributed by atoms with E-state index >= 15 is 0 Å². The van der Waals surface area contributed by atoms with Crippen LogP contribution >= 0.6 is 0 Å². The van der Waals surface area contributed by atoms with E-state index in [4.69, 9.17) is 0 Å². The predicted molar refractivity (Wildman–Crippen MR) is 97.6 cm³/mol. The summed E-state index contributed by atoms with van der Waals surface area (Å²) in [6.45, 7) is 0.350. The van der Waals surface area contributed by atoms with E-state index in [0.717, 1.165) is 21.4 Å². The van der Waals surface area contributed by atoms with Crippen LogP contribution in [0.15, 0.2) is 59.6 Å². The molecule has 0 saturated heterocycles. The Labute approximate surface area is 157 Å². The second kappa shape index (κ2) is 6.91. The quantitative estimate of drug-likeness (QED) is 0.729. The summed E-state index contributed by atoms with van der Waals surface area (Å²) in [5.74, 6) is -1.14. The third-order valence-electron chi connectivity index (χ3n) is 4.22. The molecule has 9 heteroatoms. The van der Waals surface area contributed by atoms with Gasteiger partial charge in [-0.2, -0.15) is 22.8 Å². The number of nitrogens with one attached hydrogen (secondary N) is 1. The van der Waals surface area contributed by atoms with Gasteiger partial charge in [0.1, 0.15) is 5.71 Å². The standard InChI is InChI=1S/C19H14F3N5O/c20-19(21,22)15-10-16(28)27-18(24-15)25-17(26-27)23-11-12-6-8-14(9-7-12)13-4-2-1-3-5-13/h1-9H,10-11H2,(H,23,26). The fraction of sp³-hybridized carbons (Fsp3) is 0.158. The Kier molecular flexibility index (Phi) is 4.42. The van der Waals surface area contributed by atoms with Crippen molar-refractivity contribution in [1.82, 2.24) is 14.8 Å². The van der Waals surface area contributed by atoms with E-state index in [1.807, 2.05) is 54.6 Å². The van der Waals surface area contributed by atoms with E-state index in [-0.39, 0.29) is 11.9 Å². The van der Waals surface area contributed by atoms with Gasteiger partial charge in [0.15, 0.2) is 0 Å². The molecule has 2 heterocycles. The van der Waals surface area contributed by atoms with Gasteiger partial charge in [-0.05, 0) is 16.7 Å². The summed E-state index contributed by atoms with van der Waals surface area (Å²) in [6.07, 6.45) is -5.51. The zero-order valence-corrected chi connectivity index (χ0v) is 14.4. The minimum atomic E-state index is -4.67. The van der Waals surface area contributed by atoms with Crippen molar-refractivity contribution in [2.75, 3.05) is 5.32 Å². The fourth-order valence-corrected chi connectivity index (χ4v) is 2.79. The average molecular weight is 385 g/mol. The summed E-state index contributed by atoms with van der Waals surface area (Å²) in [4.78, 5) is 19.1. The number of hydrogen-bond acceptors (Lipinski definition) is 5. The highest BCUT2D eigenvalue weighted by molar-refractivity contribution is 6.08. The predicted octanol–water partition coefficient (Wildman–Crippen LogP) is 4.24. The molecule has 1 N–H and O–H groups in total. The number of benzene rings is 2. The van der Waals surface area contributed by atoms with Gasteiger partial charge in [-0.15, -0.1) is 5.10 Å². The van der Waals surface area contributed by atoms with E-state index in [9.17, 15) is 18.0 Å². The Morgan fingerprint density at radius 1 is 1.00 bits per heavy atom. The number of alkyl halides is 3. The lowest BCUT2D eigenvalue weighted by Gasteiger charge is -2.13. The topological polar surface area (TPSA) is 72.2 Å². The summed E-state index contributed by atoms with van der Waals surface area (Å²) in [5, 5.41) is 6.80. The fourth-order valence-electron chi connectivity index (χ4n) is 2.79. The summed E-state index contributed by atoms with van der Waals surface area (Å²) in [7, 11) is 0. The van der Waals surface area contributed by atoms with Crippen LogP contribution in [-0.2, 0) is 6.54 Å². The Hall–Kier alpha value is -3.49. The highest BCUT2D eigenvalue weighted by Crippen LogP contribution is 2.27. The third kappa shape index (κ3) is 3.64. The van der Waals surface area contributed by atoms with Crippen LogP contribution in [-0.4, -0.2) is 32.6 Å². The van der Waals surface area contributed by atoms with Crippen LogP contribution in [0.25, 0.3) is 11.1 Å². The van der Waals surface area contributed by atoms with Crippen LogP contribution in [0.4, 0.5) is 25.1 Å². The summed E-state index contributed by atoms with van der Waals surface area (Å²) < 4.78 is 39.1. The van der Waals surface area contributed by atoms with Crippen molar-refractivity contribution in [2.24, 2.45) is 4.99 Å². The molecule has 6 nitrogen and oxygen atoms in total. The number of anilines is 1. The first-order chi connectivity index (χ1) is 13.4. The normalized spacial score (nSPS) is 13.8. The number of rotatable bonds is 4. The van der Waals surface area contributed by atoms with E-state index < -0.39 is 24.2 Å². The highest BCUT2D eigenvalue weighted by Gasteiger charge is 2.40. The van der Waals surface area contributed by atoms with Crippen LogP contribution < -0.4 is 5.32 Å². The van der Waals surface area contributed by atoms with Gasteiger partial charge >= 0.3 is 6.18 Å². The van der Waals surface area contributed by atoms with Crippen LogP contribution in [0, 0.1) is 0 Å². The Balaban J connectivity index is 1.47. The molecule has 0 saturated carbocycles. The molecule has 1 aliphatic rings. The molecule has 0 aliphatic carbocycles. The van der Waals surface area contributed by atoms with Crippen LogP contribution in [0.5, 0.6) is 0 Å². The van der Waals surface area contributed by atoms with Crippen LogP contribution in [0.2, 0.25) is 0 Å². The third-order valence-corrected chi connectivity index (χ3v) is 4.22. The van der Waals surface area contributed by atoms with E-state index in [2.05, 4.69) is 20.4 Å². The van der Waals surface area contributed by atoms with Gasteiger partial charge < -0.3 is 5.32 Å². The molecule has 0 atom stereocenters. The lowest BCUT2D eigenvalue weighted by molar-refractivity contribution is -0.0604. The van der Waals surface area contributed by atoms with Gasteiger partial charge in [0.25, 0.3) is 11.9 Å². The van der Waals surface area contributed by atoms with Gasteiger partial charge in [-0.25, -0.2) is 4.99 Å². The van der Waals surface area contributed by atoms with E-state index in [0.29, 0.717) is 6.54 Å². The number of aromatic nitrogens is 3. The lowest BCUT2D eigenvalue weighted by atomic mass is 10.0. The van der Waals surface area contributed by atoms with Crippen molar-refractivity contribution in [3.05, 3.63) is 60.2 Å². The highest BCUT2D eigenvalue weighted by atomic mass is 19.4.